The number of hydrogen-bond donors (Lipinski definition) is 2. The molecule has 6 heteroatoms. The lowest BCUT2D eigenvalue weighted by Crippen LogP contribution is -2.42. The molecule has 0 unspecified atom stereocenters. The minimum absolute atomic E-state index is 0.0575. The highest BCUT2D eigenvalue weighted by Crippen LogP contribution is 2.30. The van der Waals surface area contributed by atoms with Crippen LogP contribution in [0.2, 0.25) is 0 Å². The van der Waals surface area contributed by atoms with Gasteiger partial charge in [-0.25, -0.2) is 4.79 Å². The predicted octanol–water partition coefficient (Wildman–Crippen LogP) is 2.94. The third-order valence-electron chi connectivity index (χ3n) is 4.37. The largest absolute Gasteiger partial charge is 0.456 e. The van der Waals surface area contributed by atoms with Crippen molar-refractivity contribution in [2.45, 2.75) is 12.5 Å². The number of urea groups is 1. The highest BCUT2D eigenvalue weighted by atomic mass is 16.3. The highest BCUT2D eigenvalue weighted by Gasteiger charge is 2.30. The van der Waals surface area contributed by atoms with Gasteiger partial charge in [-0.3, -0.25) is 4.79 Å². The average Bonchev–Trinajstić information content (AvgIpc) is 3.09. The van der Waals surface area contributed by atoms with Gasteiger partial charge in [-0.15, -0.1) is 0 Å². The van der Waals surface area contributed by atoms with Gasteiger partial charge in [-0.05, 0) is 24.6 Å². The van der Waals surface area contributed by atoms with Gasteiger partial charge in [-0.2, -0.15) is 0 Å². The van der Waals surface area contributed by atoms with Crippen molar-refractivity contribution < 1.29 is 14.0 Å². The van der Waals surface area contributed by atoms with Gasteiger partial charge in [0.2, 0.25) is 5.91 Å². The number of amides is 3. The Bertz CT molecular complexity index is 947. The van der Waals surface area contributed by atoms with Gasteiger partial charge in [-0.1, -0.05) is 18.2 Å². The van der Waals surface area contributed by atoms with E-state index in [1.807, 2.05) is 36.4 Å². The Labute approximate surface area is 138 Å². The first-order chi connectivity index (χ1) is 11.6. The van der Waals surface area contributed by atoms with Crippen molar-refractivity contribution in [3.05, 3.63) is 42.5 Å². The molecule has 0 radical (unpaired) electrons. The number of nitrogens with zero attached hydrogens (tertiary/aromatic N) is 1. The highest BCUT2D eigenvalue weighted by molar-refractivity contribution is 6.06. The van der Waals surface area contributed by atoms with Crippen molar-refractivity contribution in [2.24, 2.45) is 0 Å². The Balaban J connectivity index is 1.53. The second kappa shape index (κ2) is 5.56. The van der Waals surface area contributed by atoms with Crippen LogP contribution in [0.15, 0.2) is 46.9 Å². The zero-order valence-corrected chi connectivity index (χ0v) is 13.2. The molecule has 2 heterocycles. The molecule has 1 atom stereocenters. The van der Waals surface area contributed by atoms with Crippen molar-refractivity contribution >= 4 is 39.6 Å². The summed E-state index contributed by atoms with van der Waals surface area (Å²) < 4.78 is 5.81. The molecule has 1 aromatic heterocycles. The van der Waals surface area contributed by atoms with Crippen molar-refractivity contribution in [1.82, 2.24) is 10.2 Å². The molecule has 3 aromatic rings. The van der Waals surface area contributed by atoms with Crippen LogP contribution in [0.1, 0.15) is 6.42 Å². The number of carbonyl (C=O) groups is 2. The SMILES string of the molecule is CN1CC[C@@H](NC(=O)Nc2ccc3c(c2)oc2ccccc23)C1=O. The number of nitrogens with one attached hydrogen (secondary N) is 2. The molecule has 122 valence electrons. The van der Waals surface area contributed by atoms with Crippen LogP contribution < -0.4 is 10.6 Å². The first-order valence-corrected chi connectivity index (χ1v) is 7.85. The van der Waals surface area contributed by atoms with Crippen LogP contribution in [0.25, 0.3) is 21.9 Å². The van der Waals surface area contributed by atoms with Crippen molar-refractivity contribution in [2.75, 3.05) is 18.9 Å². The van der Waals surface area contributed by atoms with E-state index < -0.39 is 6.04 Å². The van der Waals surface area contributed by atoms with Crippen LogP contribution in [0.4, 0.5) is 10.5 Å². The van der Waals surface area contributed by atoms with Gasteiger partial charge in [0.1, 0.15) is 17.2 Å². The molecule has 2 N–H and O–H groups in total. The number of carbonyl (C=O) groups excluding carboxylic acids is 2. The molecule has 2 aromatic carbocycles. The molecule has 0 aliphatic carbocycles. The minimum atomic E-state index is -0.454. The second-order valence-electron chi connectivity index (χ2n) is 6.01. The van der Waals surface area contributed by atoms with E-state index in [-0.39, 0.29) is 11.9 Å². The van der Waals surface area contributed by atoms with Gasteiger partial charge in [0.15, 0.2) is 0 Å². The quantitative estimate of drug-likeness (QED) is 0.761. The maximum Gasteiger partial charge on any atom is 0.319 e. The maximum atomic E-state index is 12.1. The summed E-state index contributed by atoms with van der Waals surface area (Å²) in [6.07, 6.45) is 0.630. The van der Waals surface area contributed by atoms with Crippen molar-refractivity contribution in [1.29, 1.82) is 0 Å². The Morgan fingerprint density at radius 1 is 1.17 bits per heavy atom. The summed E-state index contributed by atoms with van der Waals surface area (Å²) >= 11 is 0. The number of benzene rings is 2. The van der Waals surface area contributed by atoms with Crippen molar-refractivity contribution in [3.63, 3.8) is 0 Å². The van der Waals surface area contributed by atoms with E-state index in [4.69, 9.17) is 4.42 Å². The summed E-state index contributed by atoms with van der Waals surface area (Å²) in [6, 6.07) is 12.5. The summed E-state index contributed by atoms with van der Waals surface area (Å²) in [5.74, 6) is -0.0575. The van der Waals surface area contributed by atoms with Gasteiger partial charge in [0.05, 0.1) is 0 Å². The molecule has 1 saturated heterocycles. The first kappa shape index (κ1) is 14.6. The van der Waals surface area contributed by atoms with Crippen LogP contribution >= 0.6 is 0 Å². The van der Waals surface area contributed by atoms with E-state index in [9.17, 15) is 9.59 Å². The molecule has 0 bridgehead atoms. The van der Waals surface area contributed by atoms with E-state index in [0.717, 1.165) is 16.4 Å². The normalized spacial score (nSPS) is 17.6. The van der Waals surface area contributed by atoms with E-state index in [1.54, 1.807) is 18.0 Å². The van der Waals surface area contributed by atoms with E-state index in [2.05, 4.69) is 10.6 Å². The summed E-state index contributed by atoms with van der Waals surface area (Å²) in [5, 5.41) is 7.52. The average molecular weight is 323 g/mol. The summed E-state index contributed by atoms with van der Waals surface area (Å²) in [6.45, 7) is 0.661. The number of fused-ring (bicyclic) bond motifs is 3. The fourth-order valence-electron chi connectivity index (χ4n) is 3.09. The summed E-state index contributed by atoms with van der Waals surface area (Å²) in [7, 11) is 1.73. The summed E-state index contributed by atoms with van der Waals surface area (Å²) in [5.41, 5.74) is 2.15. The van der Waals surface area contributed by atoms with Crippen molar-refractivity contribution in [3.8, 4) is 0 Å². The molecule has 6 nitrogen and oxygen atoms in total. The van der Waals surface area contributed by atoms with Gasteiger partial charge < -0.3 is 20.0 Å². The number of para-hydroxylation sites is 1. The molecule has 0 spiro atoms. The lowest BCUT2D eigenvalue weighted by atomic mass is 10.1. The number of likely N-dealkylation sites (N-methyl/N-ethyl adjacent to an activating group) is 1. The fraction of sp³-hybridized carbons (Fsp3) is 0.222. The number of rotatable bonds is 2. The van der Waals surface area contributed by atoms with Gasteiger partial charge in [0.25, 0.3) is 0 Å². The first-order valence-electron chi connectivity index (χ1n) is 7.85. The zero-order valence-electron chi connectivity index (χ0n) is 13.2. The van der Waals surface area contributed by atoms with E-state index >= 15 is 0 Å². The fourth-order valence-corrected chi connectivity index (χ4v) is 3.09. The van der Waals surface area contributed by atoms with Crippen LogP contribution in [0.3, 0.4) is 0 Å². The standard InChI is InChI=1S/C18H17N3O3/c1-21-9-8-14(17(21)22)20-18(23)19-11-6-7-13-12-4-2-3-5-15(12)24-16(13)10-11/h2-7,10,14H,8-9H2,1H3,(H2,19,20,23)/t14-/m1/s1. The molecule has 3 amide bonds. The smallest absolute Gasteiger partial charge is 0.319 e. The zero-order chi connectivity index (χ0) is 16.7. The molecular formula is C18H17N3O3. The minimum Gasteiger partial charge on any atom is -0.456 e. The molecule has 0 saturated carbocycles. The number of anilines is 1. The number of likely N-dealkylation sites (tertiary alicyclic amines) is 1. The van der Waals surface area contributed by atoms with Crippen LogP contribution in [0.5, 0.6) is 0 Å². The molecule has 24 heavy (non-hydrogen) atoms. The predicted molar refractivity (Wildman–Crippen MR) is 91.9 cm³/mol. The molecular weight excluding hydrogens is 306 g/mol. The molecule has 1 aliphatic rings. The van der Waals surface area contributed by atoms with Crippen LogP contribution in [-0.2, 0) is 4.79 Å². The molecule has 1 fully saturated rings. The third kappa shape index (κ3) is 2.46. The van der Waals surface area contributed by atoms with Crippen LogP contribution in [0, 0.1) is 0 Å². The molecule has 4 rings (SSSR count). The van der Waals surface area contributed by atoms with E-state index in [1.165, 1.54) is 0 Å². The topological polar surface area (TPSA) is 74.6 Å². The van der Waals surface area contributed by atoms with Gasteiger partial charge >= 0.3 is 6.03 Å². The Morgan fingerprint density at radius 3 is 2.75 bits per heavy atom. The van der Waals surface area contributed by atoms with E-state index in [0.29, 0.717) is 24.2 Å². The lowest BCUT2D eigenvalue weighted by Gasteiger charge is -2.13. The maximum absolute atomic E-state index is 12.1. The third-order valence-corrected chi connectivity index (χ3v) is 4.37. The number of hydrogen-bond acceptors (Lipinski definition) is 3. The number of furan rings is 1. The Hall–Kier alpha value is -3.02. The molecule has 1 aliphatic heterocycles. The monoisotopic (exact) mass is 323 g/mol. The summed E-state index contributed by atoms with van der Waals surface area (Å²) in [4.78, 5) is 25.6. The lowest BCUT2D eigenvalue weighted by molar-refractivity contribution is -0.128. The Morgan fingerprint density at radius 2 is 1.96 bits per heavy atom. The van der Waals surface area contributed by atoms with Gasteiger partial charge in [0, 0.05) is 36.1 Å². The second-order valence-corrected chi connectivity index (χ2v) is 6.01. The Kier molecular flexibility index (Phi) is 3.37. The van der Waals surface area contributed by atoms with Crippen LogP contribution in [-0.4, -0.2) is 36.5 Å².